The number of hydrogen-bond donors (Lipinski definition) is 1. The molecular weight excluding hydrogens is 509 g/mol. The number of halogens is 3. The van der Waals surface area contributed by atoms with E-state index in [1.165, 1.54) is 24.1 Å². The maximum absolute atomic E-state index is 13.1. The summed E-state index contributed by atoms with van der Waals surface area (Å²) >= 11 is 18.5. The molecule has 180 valence electrons. The average Bonchev–Trinajstić information content (AvgIpc) is 2.76. The predicted octanol–water partition coefficient (Wildman–Crippen LogP) is 4.36. The van der Waals surface area contributed by atoms with Crippen molar-refractivity contribution in [2.45, 2.75) is 32.4 Å². The Bertz CT molecular complexity index is 1110. The van der Waals surface area contributed by atoms with E-state index >= 15 is 0 Å². The molecule has 2 aromatic rings. The molecule has 33 heavy (non-hydrogen) atoms. The van der Waals surface area contributed by atoms with Gasteiger partial charge in [0, 0.05) is 36.6 Å². The van der Waals surface area contributed by atoms with E-state index in [4.69, 9.17) is 34.8 Å². The van der Waals surface area contributed by atoms with E-state index in [0.29, 0.717) is 15.6 Å². The molecule has 2 rings (SSSR count). The van der Waals surface area contributed by atoms with Gasteiger partial charge in [0.15, 0.2) is 0 Å². The van der Waals surface area contributed by atoms with Gasteiger partial charge in [0.2, 0.25) is 21.8 Å². The monoisotopic (exact) mass is 533 g/mol. The third kappa shape index (κ3) is 7.50. The highest BCUT2D eigenvalue weighted by Crippen LogP contribution is 2.31. The Morgan fingerprint density at radius 2 is 1.73 bits per heavy atom. The molecule has 0 radical (unpaired) electrons. The quantitative estimate of drug-likeness (QED) is 0.491. The van der Waals surface area contributed by atoms with Crippen molar-refractivity contribution in [1.82, 2.24) is 10.2 Å². The van der Waals surface area contributed by atoms with Crippen molar-refractivity contribution in [3.8, 4) is 0 Å². The summed E-state index contributed by atoms with van der Waals surface area (Å²) in [6.45, 7) is 1.78. The van der Waals surface area contributed by atoms with Gasteiger partial charge in [-0.3, -0.25) is 13.9 Å². The molecule has 0 saturated carbocycles. The summed E-state index contributed by atoms with van der Waals surface area (Å²) in [6, 6.07) is 10.9. The largest absolute Gasteiger partial charge is 0.357 e. The number of nitrogens with zero attached hydrogens (tertiary/aromatic N) is 2. The van der Waals surface area contributed by atoms with Gasteiger partial charge in [0.05, 0.1) is 17.0 Å². The van der Waals surface area contributed by atoms with Crippen molar-refractivity contribution >= 4 is 62.3 Å². The van der Waals surface area contributed by atoms with Crippen LogP contribution in [0.4, 0.5) is 5.69 Å². The summed E-state index contributed by atoms with van der Waals surface area (Å²) in [4.78, 5) is 26.8. The lowest BCUT2D eigenvalue weighted by Gasteiger charge is -2.29. The first-order valence-electron chi connectivity index (χ1n) is 10.1. The highest BCUT2D eigenvalue weighted by Gasteiger charge is 2.27. The zero-order chi connectivity index (χ0) is 24.8. The number of benzene rings is 2. The Morgan fingerprint density at radius 3 is 2.33 bits per heavy atom. The normalized spacial score (nSPS) is 12.2. The van der Waals surface area contributed by atoms with Gasteiger partial charge >= 0.3 is 0 Å². The molecule has 0 spiro atoms. The molecule has 0 aromatic heterocycles. The van der Waals surface area contributed by atoms with Crippen LogP contribution in [-0.4, -0.2) is 51.0 Å². The van der Waals surface area contributed by atoms with Gasteiger partial charge in [-0.25, -0.2) is 8.42 Å². The summed E-state index contributed by atoms with van der Waals surface area (Å²) in [7, 11) is -2.18. The standard InChI is InChI=1S/C22H26Cl3N3O4S/c1-15(22(30)26-2)27(14-16-7-4-5-8-18(16)24)21(29)9-6-12-28(33(3,31)32)20-13-17(23)10-11-19(20)25/h4-5,7-8,10-11,13,15H,6,9,12,14H2,1-3H3,(H,26,30). The van der Waals surface area contributed by atoms with E-state index in [1.54, 1.807) is 37.3 Å². The predicted molar refractivity (Wildman–Crippen MR) is 133 cm³/mol. The maximum atomic E-state index is 13.1. The summed E-state index contributed by atoms with van der Waals surface area (Å²) < 4.78 is 25.9. The SMILES string of the molecule is CNC(=O)C(C)N(Cc1ccccc1Cl)C(=O)CCCN(c1cc(Cl)ccc1Cl)S(C)(=O)=O. The number of rotatable bonds is 10. The number of nitrogens with one attached hydrogen (secondary N) is 1. The van der Waals surface area contributed by atoms with Crippen LogP contribution < -0.4 is 9.62 Å². The third-order valence-corrected chi connectivity index (χ3v) is 7.14. The van der Waals surface area contributed by atoms with E-state index in [2.05, 4.69) is 5.32 Å². The molecule has 1 unspecified atom stereocenters. The van der Waals surface area contributed by atoms with Crippen LogP contribution in [0.3, 0.4) is 0 Å². The number of hydrogen-bond acceptors (Lipinski definition) is 4. The summed E-state index contributed by atoms with van der Waals surface area (Å²) in [5, 5.41) is 3.60. The van der Waals surface area contributed by atoms with Crippen LogP contribution in [0.25, 0.3) is 0 Å². The Kier molecular flexibility index (Phi) is 9.84. The van der Waals surface area contributed by atoms with Crippen molar-refractivity contribution in [2.24, 2.45) is 0 Å². The van der Waals surface area contributed by atoms with Crippen LogP contribution in [-0.2, 0) is 26.2 Å². The summed E-state index contributed by atoms with van der Waals surface area (Å²) in [5.41, 5.74) is 0.942. The van der Waals surface area contributed by atoms with Crippen LogP contribution in [0, 0.1) is 0 Å². The minimum absolute atomic E-state index is 0.00991. The lowest BCUT2D eigenvalue weighted by Crippen LogP contribution is -2.46. The first kappa shape index (κ1) is 27.2. The van der Waals surface area contributed by atoms with Crippen LogP contribution in [0.5, 0.6) is 0 Å². The zero-order valence-electron chi connectivity index (χ0n) is 18.5. The highest BCUT2D eigenvalue weighted by atomic mass is 35.5. The van der Waals surface area contributed by atoms with Gasteiger partial charge < -0.3 is 10.2 Å². The summed E-state index contributed by atoms with van der Waals surface area (Å²) in [5.74, 6) is -0.629. The molecule has 0 saturated heterocycles. The van der Waals surface area contributed by atoms with Crippen LogP contribution >= 0.6 is 34.8 Å². The number of likely N-dealkylation sites (N-methyl/N-ethyl adjacent to an activating group) is 1. The lowest BCUT2D eigenvalue weighted by molar-refractivity contribution is -0.140. The van der Waals surface area contributed by atoms with Gasteiger partial charge in [0.25, 0.3) is 0 Å². The van der Waals surface area contributed by atoms with Crippen LogP contribution in [0.1, 0.15) is 25.3 Å². The molecular formula is C22H26Cl3N3O4S. The van der Waals surface area contributed by atoms with E-state index in [0.717, 1.165) is 10.6 Å². The second-order valence-corrected chi connectivity index (χ2v) is 10.6. The Balaban J connectivity index is 2.19. The second kappa shape index (κ2) is 11.9. The number of carbonyl (C=O) groups is 2. The molecule has 0 aliphatic carbocycles. The molecule has 1 N–H and O–H groups in total. The van der Waals surface area contributed by atoms with E-state index in [-0.39, 0.29) is 48.5 Å². The molecule has 0 aliphatic heterocycles. The molecule has 2 amide bonds. The Hall–Kier alpha value is -2.00. The van der Waals surface area contributed by atoms with Crippen molar-refractivity contribution < 1.29 is 18.0 Å². The fraction of sp³-hybridized carbons (Fsp3) is 0.364. The molecule has 1 atom stereocenters. The number of amides is 2. The van der Waals surface area contributed by atoms with Crippen molar-refractivity contribution in [2.75, 3.05) is 24.2 Å². The van der Waals surface area contributed by atoms with Gasteiger partial charge in [-0.15, -0.1) is 0 Å². The fourth-order valence-electron chi connectivity index (χ4n) is 3.26. The molecule has 7 nitrogen and oxygen atoms in total. The Morgan fingerprint density at radius 1 is 1.06 bits per heavy atom. The van der Waals surface area contributed by atoms with Gasteiger partial charge in [-0.05, 0) is 43.2 Å². The fourth-order valence-corrected chi connectivity index (χ4v) is 4.86. The van der Waals surface area contributed by atoms with E-state index in [9.17, 15) is 18.0 Å². The van der Waals surface area contributed by atoms with Gasteiger partial charge in [0.1, 0.15) is 6.04 Å². The smallest absolute Gasteiger partial charge is 0.242 e. The first-order valence-corrected chi connectivity index (χ1v) is 13.1. The lowest BCUT2D eigenvalue weighted by atomic mass is 10.1. The molecule has 0 bridgehead atoms. The average molecular weight is 535 g/mol. The number of anilines is 1. The minimum atomic E-state index is -3.68. The number of sulfonamides is 1. The highest BCUT2D eigenvalue weighted by molar-refractivity contribution is 7.92. The topological polar surface area (TPSA) is 86.8 Å². The Labute approximate surface area is 209 Å². The van der Waals surface area contributed by atoms with Crippen LogP contribution in [0.2, 0.25) is 15.1 Å². The zero-order valence-corrected chi connectivity index (χ0v) is 21.6. The minimum Gasteiger partial charge on any atom is -0.357 e. The number of carbonyl (C=O) groups excluding carboxylic acids is 2. The van der Waals surface area contributed by atoms with Crippen LogP contribution in [0.15, 0.2) is 42.5 Å². The van der Waals surface area contributed by atoms with Crippen molar-refractivity contribution in [3.63, 3.8) is 0 Å². The van der Waals surface area contributed by atoms with Gasteiger partial charge in [-0.2, -0.15) is 0 Å². The first-order chi connectivity index (χ1) is 15.5. The second-order valence-electron chi connectivity index (χ2n) is 7.44. The molecule has 11 heteroatoms. The molecule has 0 aliphatic rings. The van der Waals surface area contributed by atoms with Crippen molar-refractivity contribution in [3.05, 3.63) is 63.1 Å². The van der Waals surface area contributed by atoms with E-state index in [1.807, 2.05) is 0 Å². The third-order valence-electron chi connectivity index (χ3n) is 5.04. The summed E-state index contributed by atoms with van der Waals surface area (Å²) in [6.07, 6.45) is 1.27. The maximum Gasteiger partial charge on any atom is 0.242 e. The van der Waals surface area contributed by atoms with Gasteiger partial charge in [-0.1, -0.05) is 53.0 Å². The molecule has 0 fully saturated rings. The molecule has 2 aromatic carbocycles. The molecule has 0 heterocycles. The van der Waals surface area contributed by atoms with Crippen molar-refractivity contribution in [1.29, 1.82) is 0 Å². The van der Waals surface area contributed by atoms with E-state index < -0.39 is 16.1 Å².